The maximum absolute atomic E-state index is 11.0. The molecule has 1 saturated heterocycles. The Labute approximate surface area is 128 Å². The summed E-state index contributed by atoms with van der Waals surface area (Å²) < 4.78 is 1.02. The zero-order valence-corrected chi connectivity index (χ0v) is 13.3. The summed E-state index contributed by atoms with van der Waals surface area (Å²) in [5.41, 5.74) is 0.942. The Kier molecular flexibility index (Phi) is 5.57. The quantitative estimate of drug-likeness (QED) is 0.882. The number of β-amino-alcohol motifs (C(OH)–C–C–N with tert-alkyl or cyclic N) is 1. The molecule has 1 heterocycles. The molecule has 0 aromatic heterocycles. The summed E-state index contributed by atoms with van der Waals surface area (Å²) in [7, 11) is 0. The first-order valence-corrected chi connectivity index (χ1v) is 7.77. The Morgan fingerprint density at radius 1 is 1.40 bits per heavy atom. The van der Waals surface area contributed by atoms with Crippen molar-refractivity contribution in [3.05, 3.63) is 34.3 Å². The van der Waals surface area contributed by atoms with Crippen LogP contribution in [0, 0.1) is 0 Å². The summed E-state index contributed by atoms with van der Waals surface area (Å²) in [5.74, 6) is 0.0401. The summed E-state index contributed by atoms with van der Waals surface area (Å²) in [4.78, 5) is 13.3. The molecular weight excluding hydrogens is 320 g/mol. The molecule has 4 nitrogen and oxygen atoms in total. The Hall–Kier alpha value is -0.910. The van der Waals surface area contributed by atoms with E-state index in [1.54, 1.807) is 6.92 Å². The number of carbonyl (C=O) groups excluding carboxylic acids is 1. The Bertz CT molecular complexity index is 442. The van der Waals surface area contributed by atoms with Gasteiger partial charge in [0.25, 0.3) is 0 Å². The van der Waals surface area contributed by atoms with Gasteiger partial charge in [-0.15, -0.1) is 0 Å². The SMILES string of the molecule is CC(=O)NC1CCN(C[C@@H](O)c2ccc(Br)cc2)CC1. The van der Waals surface area contributed by atoms with Crippen LogP contribution >= 0.6 is 15.9 Å². The zero-order valence-electron chi connectivity index (χ0n) is 11.7. The number of piperidine rings is 1. The summed E-state index contributed by atoms with van der Waals surface area (Å²) >= 11 is 3.39. The minimum absolute atomic E-state index is 0.0401. The van der Waals surface area contributed by atoms with Crippen LogP contribution in [0.2, 0.25) is 0 Å². The van der Waals surface area contributed by atoms with Crippen LogP contribution in [-0.4, -0.2) is 41.6 Å². The van der Waals surface area contributed by atoms with Crippen molar-refractivity contribution in [1.82, 2.24) is 10.2 Å². The molecular formula is C15H21BrN2O2. The lowest BCUT2D eigenvalue weighted by Gasteiger charge is -2.33. The number of nitrogens with zero attached hydrogens (tertiary/aromatic N) is 1. The topological polar surface area (TPSA) is 52.6 Å². The van der Waals surface area contributed by atoms with E-state index in [0.717, 1.165) is 36.0 Å². The molecule has 0 unspecified atom stereocenters. The lowest BCUT2D eigenvalue weighted by Crippen LogP contribution is -2.45. The molecule has 0 aliphatic carbocycles. The zero-order chi connectivity index (χ0) is 14.5. The number of hydrogen-bond donors (Lipinski definition) is 2. The van der Waals surface area contributed by atoms with E-state index < -0.39 is 6.10 Å². The number of amides is 1. The number of nitrogens with one attached hydrogen (secondary N) is 1. The molecule has 1 aliphatic rings. The lowest BCUT2D eigenvalue weighted by atomic mass is 10.0. The van der Waals surface area contributed by atoms with Gasteiger partial charge in [0.05, 0.1) is 6.10 Å². The van der Waals surface area contributed by atoms with Gasteiger partial charge in [0, 0.05) is 37.1 Å². The molecule has 1 aromatic rings. The van der Waals surface area contributed by atoms with Gasteiger partial charge in [0.1, 0.15) is 0 Å². The van der Waals surface area contributed by atoms with E-state index in [9.17, 15) is 9.90 Å². The van der Waals surface area contributed by atoms with E-state index in [1.165, 1.54) is 0 Å². The van der Waals surface area contributed by atoms with E-state index in [2.05, 4.69) is 26.1 Å². The van der Waals surface area contributed by atoms with E-state index in [-0.39, 0.29) is 11.9 Å². The smallest absolute Gasteiger partial charge is 0.217 e. The number of benzene rings is 1. The largest absolute Gasteiger partial charge is 0.387 e. The third-order valence-corrected chi connectivity index (χ3v) is 4.21. The Balaban J connectivity index is 1.80. The van der Waals surface area contributed by atoms with Gasteiger partial charge < -0.3 is 15.3 Å². The van der Waals surface area contributed by atoms with Gasteiger partial charge in [0.15, 0.2) is 0 Å². The normalized spacial score (nSPS) is 18.8. The van der Waals surface area contributed by atoms with Crippen LogP contribution in [0.15, 0.2) is 28.7 Å². The number of likely N-dealkylation sites (tertiary alicyclic amines) is 1. The molecule has 0 bridgehead atoms. The predicted octanol–water partition coefficient (Wildman–Crippen LogP) is 2.08. The van der Waals surface area contributed by atoms with Crippen molar-refractivity contribution < 1.29 is 9.90 Å². The first kappa shape index (κ1) is 15.5. The number of aliphatic hydroxyl groups is 1. The molecule has 0 spiro atoms. The van der Waals surface area contributed by atoms with Crippen LogP contribution < -0.4 is 5.32 Å². The van der Waals surface area contributed by atoms with Gasteiger partial charge in [-0.05, 0) is 30.5 Å². The molecule has 1 amide bonds. The fourth-order valence-corrected chi connectivity index (χ4v) is 2.85. The highest BCUT2D eigenvalue weighted by molar-refractivity contribution is 9.10. The lowest BCUT2D eigenvalue weighted by molar-refractivity contribution is -0.120. The average molecular weight is 341 g/mol. The standard InChI is InChI=1S/C15H21BrN2O2/c1-11(19)17-14-6-8-18(9-7-14)10-15(20)12-2-4-13(16)5-3-12/h2-5,14-15,20H,6-10H2,1H3,(H,17,19)/t15-/m1/s1. The predicted molar refractivity (Wildman–Crippen MR) is 82.4 cm³/mol. The molecule has 0 saturated carbocycles. The van der Waals surface area contributed by atoms with E-state index in [0.29, 0.717) is 6.54 Å². The number of hydrogen-bond acceptors (Lipinski definition) is 3. The van der Waals surface area contributed by atoms with E-state index in [1.807, 2.05) is 24.3 Å². The second-order valence-corrected chi connectivity index (χ2v) is 6.26. The fourth-order valence-electron chi connectivity index (χ4n) is 2.58. The summed E-state index contributed by atoms with van der Waals surface area (Å²) in [6, 6.07) is 8.06. The van der Waals surface area contributed by atoms with Crippen molar-refractivity contribution >= 4 is 21.8 Å². The van der Waals surface area contributed by atoms with Gasteiger partial charge in [-0.25, -0.2) is 0 Å². The van der Waals surface area contributed by atoms with Gasteiger partial charge in [-0.1, -0.05) is 28.1 Å². The molecule has 5 heteroatoms. The number of aliphatic hydroxyl groups excluding tert-OH is 1. The highest BCUT2D eigenvalue weighted by Gasteiger charge is 2.21. The molecule has 2 rings (SSSR count). The average Bonchev–Trinajstić information content (AvgIpc) is 2.41. The van der Waals surface area contributed by atoms with Gasteiger partial charge in [0.2, 0.25) is 5.91 Å². The maximum Gasteiger partial charge on any atom is 0.217 e. The van der Waals surface area contributed by atoms with Crippen LogP contribution in [-0.2, 0) is 4.79 Å². The Morgan fingerprint density at radius 3 is 2.55 bits per heavy atom. The molecule has 1 aliphatic heterocycles. The van der Waals surface area contributed by atoms with Gasteiger partial charge in [-0.3, -0.25) is 4.79 Å². The third-order valence-electron chi connectivity index (χ3n) is 3.68. The molecule has 2 N–H and O–H groups in total. The minimum atomic E-state index is -0.458. The maximum atomic E-state index is 11.0. The van der Waals surface area contributed by atoms with Crippen LogP contribution in [0.25, 0.3) is 0 Å². The second kappa shape index (κ2) is 7.20. The van der Waals surface area contributed by atoms with Crippen molar-refractivity contribution in [1.29, 1.82) is 0 Å². The molecule has 1 aromatic carbocycles. The summed E-state index contributed by atoms with van der Waals surface area (Å²) in [5, 5.41) is 13.2. The minimum Gasteiger partial charge on any atom is -0.387 e. The van der Waals surface area contributed by atoms with Crippen molar-refractivity contribution in [3.8, 4) is 0 Å². The van der Waals surface area contributed by atoms with Crippen molar-refractivity contribution in [3.63, 3.8) is 0 Å². The number of carbonyl (C=O) groups is 1. The number of halogens is 1. The Morgan fingerprint density at radius 2 is 2.00 bits per heavy atom. The van der Waals surface area contributed by atoms with Crippen LogP contribution in [0.3, 0.4) is 0 Å². The van der Waals surface area contributed by atoms with Crippen molar-refractivity contribution in [2.24, 2.45) is 0 Å². The highest BCUT2D eigenvalue weighted by atomic mass is 79.9. The molecule has 1 atom stereocenters. The highest BCUT2D eigenvalue weighted by Crippen LogP contribution is 2.19. The second-order valence-electron chi connectivity index (χ2n) is 5.34. The molecule has 0 radical (unpaired) electrons. The van der Waals surface area contributed by atoms with Crippen molar-refractivity contribution in [2.45, 2.75) is 31.9 Å². The molecule has 110 valence electrons. The molecule has 1 fully saturated rings. The van der Waals surface area contributed by atoms with Crippen LogP contribution in [0.1, 0.15) is 31.4 Å². The first-order chi connectivity index (χ1) is 9.54. The van der Waals surface area contributed by atoms with Gasteiger partial charge in [-0.2, -0.15) is 0 Å². The monoisotopic (exact) mass is 340 g/mol. The summed E-state index contributed by atoms with van der Waals surface area (Å²) in [6.45, 7) is 4.04. The number of rotatable bonds is 4. The first-order valence-electron chi connectivity index (χ1n) is 6.97. The van der Waals surface area contributed by atoms with E-state index in [4.69, 9.17) is 0 Å². The van der Waals surface area contributed by atoms with Crippen molar-refractivity contribution in [2.75, 3.05) is 19.6 Å². The van der Waals surface area contributed by atoms with Crippen LogP contribution in [0.4, 0.5) is 0 Å². The van der Waals surface area contributed by atoms with E-state index >= 15 is 0 Å². The van der Waals surface area contributed by atoms with Gasteiger partial charge >= 0.3 is 0 Å². The molecule has 20 heavy (non-hydrogen) atoms. The van der Waals surface area contributed by atoms with Crippen LogP contribution in [0.5, 0.6) is 0 Å². The fraction of sp³-hybridized carbons (Fsp3) is 0.533. The summed E-state index contributed by atoms with van der Waals surface area (Å²) in [6.07, 6.45) is 1.44. The third kappa shape index (κ3) is 4.58.